The van der Waals surface area contributed by atoms with Crippen LogP contribution in [0.25, 0.3) is 0 Å². The normalized spacial score (nSPS) is 11.7. The molecule has 3 nitrogen and oxygen atoms in total. The zero-order chi connectivity index (χ0) is 11.5. The van der Waals surface area contributed by atoms with Gasteiger partial charge in [0.1, 0.15) is 5.76 Å². The zero-order valence-electron chi connectivity index (χ0n) is 8.62. The summed E-state index contributed by atoms with van der Waals surface area (Å²) in [5, 5.41) is 9.06. The van der Waals surface area contributed by atoms with Gasteiger partial charge in [-0.25, -0.2) is 0 Å². The Balaban J connectivity index is 2.45. The van der Waals surface area contributed by atoms with Crippen LogP contribution < -0.4 is 0 Å². The van der Waals surface area contributed by atoms with Crippen molar-refractivity contribution in [3.05, 3.63) is 23.1 Å². The van der Waals surface area contributed by atoms with Gasteiger partial charge in [0.25, 0.3) is 0 Å². The van der Waals surface area contributed by atoms with Crippen LogP contribution in [-0.4, -0.2) is 15.8 Å². The molecule has 0 aliphatic heterocycles. The number of furan rings is 1. The topological polar surface area (TPSA) is 50.4 Å². The first-order valence-electron chi connectivity index (χ1n) is 4.49. The molecule has 1 rings (SSSR count). The lowest BCUT2D eigenvalue weighted by molar-refractivity contribution is -0.137. The van der Waals surface area contributed by atoms with Gasteiger partial charge >= 0.3 is 5.97 Å². The number of hydrogen-bond donors (Lipinski definition) is 1. The highest BCUT2D eigenvalue weighted by Crippen LogP contribution is 2.31. The largest absolute Gasteiger partial charge is 0.481 e. The van der Waals surface area contributed by atoms with E-state index in [9.17, 15) is 4.79 Å². The first-order valence-corrected chi connectivity index (χ1v) is 5.85. The molecule has 0 spiro atoms. The molecule has 1 heterocycles. The smallest absolute Gasteiger partial charge is 0.304 e. The number of thioether (sulfide) groups is 1. The fraction of sp³-hybridized carbons (Fsp3) is 0.500. The fourth-order valence-electron chi connectivity index (χ4n) is 1.11. The van der Waals surface area contributed by atoms with Crippen LogP contribution in [0.4, 0.5) is 0 Å². The van der Waals surface area contributed by atoms with E-state index in [2.05, 4.69) is 0 Å². The van der Waals surface area contributed by atoms with Crippen molar-refractivity contribution in [3.8, 4) is 0 Å². The summed E-state index contributed by atoms with van der Waals surface area (Å²) in [6.45, 7) is 3.80. The predicted octanol–water partition coefficient (Wildman–Crippen LogP) is 3.42. The minimum Gasteiger partial charge on any atom is -0.481 e. The molecule has 0 saturated carbocycles. The van der Waals surface area contributed by atoms with Gasteiger partial charge in [0.2, 0.25) is 0 Å². The van der Waals surface area contributed by atoms with Gasteiger partial charge in [-0.3, -0.25) is 4.79 Å². The van der Waals surface area contributed by atoms with Crippen LogP contribution in [0.3, 0.4) is 0 Å². The van der Waals surface area contributed by atoms with E-state index in [4.69, 9.17) is 21.1 Å². The zero-order valence-corrected chi connectivity index (χ0v) is 10.2. The van der Waals surface area contributed by atoms with Gasteiger partial charge in [-0.05, 0) is 23.7 Å². The molecule has 15 heavy (non-hydrogen) atoms. The Morgan fingerprint density at radius 2 is 2.27 bits per heavy atom. The average molecular weight is 249 g/mol. The second-order valence-corrected chi connectivity index (χ2v) is 5.88. The SMILES string of the molecule is CC(C)(CC(=O)O)SCc1ccc(Cl)o1. The minimum absolute atomic E-state index is 0.131. The molecule has 0 aromatic carbocycles. The van der Waals surface area contributed by atoms with Crippen molar-refractivity contribution in [2.75, 3.05) is 0 Å². The Bertz CT molecular complexity index is 346. The van der Waals surface area contributed by atoms with Crippen molar-refractivity contribution < 1.29 is 14.3 Å². The minimum atomic E-state index is -0.787. The first kappa shape index (κ1) is 12.5. The van der Waals surface area contributed by atoms with Gasteiger partial charge in [0, 0.05) is 4.75 Å². The lowest BCUT2D eigenvalue weighted by atomic mass is 10.1. The molecule has 0 bridgehead atoms. The van der Waals surface area contributed by atoms with E-state index in [1.165, 1.54) is 0 Å². The van der Waals surface area contributed by atoms with Crippen LogP contribution >= 0.6 is 23.4 Å². The van der Waals surface area contributed by atoms with Crippen molar-refractivity contribution in [2.45, 2.75) is 30.8 Å². The van der Waals surface area contributed by atoms with Gasteiger partial charge < -0.3 is 9.52 Å². The first-order chi connectivity index (χ1) is 6.89. The fourth-order valence-corrected chi connectivity index (χ4v) is 2.19. The van der Waals surface area contributed by atoms with E-state index in [-0.39, 0.29) is 11.2 Å². The predicted molar refractivity (Wildman–Crippen MR) is 61.3 cm³/mol. The molecule has 1 aromatic rings. The Labute approximate surface area is 97.8 Å². The molecule has 0 saturated heterocycles. The van der Waals surface area contributed by atoms with Crippen LogP contribution in [0.1, 0.15) is 26.0 Å². The second kappa shape index (κ2) is 4.94. The third kappa shape index (κ3) is 4.62. The Kier molecular flexibility index (Phi) is 4.11. The number of halogens is 1. The standard InChI is InChI=1S/C10H13ClO3S/c1-10(2,5-9(12)13)15-6-7-3-4-8(11)14-7/h3-4H,5-6H2,1-2H3,(H,12,13). The number of aliphatic carboxylic acids is 1. The van der Waals surface area contributed by atoms with Gasteiger partial charge in [-0.2, -0.15) is 0 Å². The molecule has 0 atom stereocenters. The number of carboxylic acids is 1. The number of carbonyl (C=O) groups is 1. The number of hydrogen-bond acceptors (Lipinski definition) is 3. The summed E-state index contributed by atoms with van der Waals surface area (Å²) in [7, 11) is 0. The van der Waals surface area contributed by atoms with Gasteiger partial charge in [-0.1, -0.05) is 13.8 Å². The molecule has 1 aromatic heterocycles. The van der Waals surface area contributed by atoms with Crippen LogP contribution in [0.2, 0.25) is 5.22 Å². The summed E-state index contributed by atoms with van der Waals surface area (Å²) < 4.78 is 4.88. The third-order valence-corrected chi connectivity index (χ3v) is 3.37. The molecule has 0 amide bonds. The molecule has 0 aliphatic carbocycles. The Morgan fingerprint density at radius 3 is 2.73 bits per heavy atom. The summed E-state index contributed by atoms with van der Waals surface area (Å²) in [6, 6.07) is 3.48. The summed E-state index contributed by atoms with van der Waals surface area (Å²) >= 11 is 7.16. The van der Waals surface area contributed by atoms with Crippen molar-refractivity contribution in [1.82, 2.24) is 0 Å². The molecule has 0 fully saturated rings. The van der Waals surface area contributed by atoms with E-state index >= 15 is 0 Å². The van der Waals surface area contributed by atoms with E-state index in [0.29, 0.717) is 11.0 Å². The summed E-state index contributed by atoms with van der Waals surface area (Å²) in [5.74, 6) is 0.612. The summed E-state index contributed by atoms with van der Waals surface area (Å²) in [5.41, 5.74) is 0. The second-order valence-electron chi connectivity index (χ2n) is 3.82. The molecule has 84 valence electrons. The monoisotopic (exact) mass is 248 g/mol. The highest BCUT2D eigenvalue weighted by Gasteiger charge is 2.22. The maximum absolute atomic E-state index is 10.6. The average Bonchev–Trinajstić information content (AvgIpc) is 2.46. The van der Waals surface area contributed by atoms with Crippen LogP contribution in [0.5, 0.6) is 0 Å². The van der Waals surface area contributed by atoms with E-state index < -0.39 is 5.97 Å². The number of rotatable bonds is 5. The van der Waals surface area contributed by atoms with Gasteiger partial charge in [-0.15, -0.1) is 11.8 Å². The maximum Gasteiger partial charge on any atom is 0.304 e. The highest BCUT2D eigenvalue weighted by atomic mass is 35.5. The van der Waals surface area contributed by atoms with Crippen molar-refractivity contribution in [3.63, 3.8) is 0 Å². The molecule has 0 aliphatic rings. The van der Waals surface area contributed by atoms with Crippen molar-refractivity contribution in [2.24, 2.45) is 0 Å². The van der Waals surface area contributed by atoms with Crippen LogP contribution in [0.15, 0.2) is 16.5 Å². The van der Waals surface area contributed by atoms with Crippen LogP contribution in [-0.2, 0) is 10.5 Å². The third-order valence-electron chi connectivity index (χ3n) is 1.81. The van der Waals surface area contributed by atoms with E-state index in [1.54, 1.807) is 23.9 Å². The lowest BCUT2D eigenvalue weighted by Crippen LogP contribution is -2.19. The summed E-state index contributed by atoms with van der Waals surface area (Å²) in [4.78, 5) is 10.6. The molecule has 1 N–H and O–H groups in total. The molecule has 0 unspecified atom stereocenters. The molecular weight excluding hydrogens is 236 g/mol. The molecular formula is C10H13ClO3S. The Hall–Kier alpha value is -0.610. The van der Waals surface area contributed by atoms with Gasteiger partial charge in [0.15, 0.2) is 5.22 Å². The summed E-state index contributed by atoms with van der Waals surface area (Å²) in [6.07, 6.45) is 0.131. The molecule has 0 radical (unpaired) electrons. The quantitative estimate of drug-likeness (QED) is 0.868. The van der Waals surface area contributed by atoms with Crippen LogP contribution in [0, 0.1) is 0 Å². The lowest BCUT2D eigenvalue weighted by Gasteiger charge is -2.20. The number of carboxylic acid groups (broad SMARTS) is 1. The Morgan fingerprint density at radius 1 is 1.60 bits per heavy atom. The van der Waals surface area contributed by atoms with E-state index in [0.717, 1.165) is 5.76 Å². The van der Waals surface area contributed by atoms with Gasteiger partial charge in [0.05, 0.1) is 12.2 Å². The maximum atomic E-state index is 10.6. The van der Waals surface area contributed by atoms with E-state index in [1.807, 2.05) is 13.8 Å². The van der Waals surface area contributed by atoms with Crippen molar-refractivity contribution >= 4 is 29.3 Å². The van der Waals surface area contributed by atoms with Crippen molar-refractivity contribution in [1.29, 1.82) is 0 Å². The molecule has 5 heteroatoms. The highest BCUT2D eigenvalue weighted by molar-refractivity contribution is 7.99.